The van der Waals surface area contributed by atoms with E-state index in [0.29, 0.717) is 11.3 Å². The van der Waals surface area contributed by atoms with Gasteiger partial charge in [-0.15, -0.1) is 0 Å². The third-order valence-corrected chi connectivity index (χ3v) is 6.32. The number of rotatable bonds is 5. The van der Waals surface area contributed by atoms with Crippen molar-refractivity contribution in [2.45, 2.75) is 51.5 Å². The Labute approximate surface area is 166 Å². The summed E-state index contributed by atoms with van der Waals surface area (Å²) in [5, 5.41) is 0. The molecular weight excluding hydrogens is 354 g/mol. The number of imidazole rings is 1. The molecule has 0 unspecified atom stereocenters. The highest BCUT2D eigenvalue weighted by Crippen LogP contribution is 2.31. The Hall–Kier alpha value is -2.28. The van der Waals surface area contributed by atoms with Gasteiger partial charge in [0, 0.05) is 32.2 Å². The summed E-state index contributed by atoms with van der Waals surface area (Å²) >= 11 is 0. The van der Waals surface area contributed by atoms with Crippen LogP contribution in [0.5, 0.6) is 5.75 Å². The zero-order chi connectivity index (χ0) is 19.5. The van der Waals surface area contributed by atoms with Crippen LogP contribution in [0.25, 0.3) is 11.0 Å². The quantitative estimate of drug-likeness (QED) is 0.822. The number of H-pyrrole nitrogens is 1. The third kappa shape index (κ3) is 4.09. The highest BCUT2D eigenvalue weighted by Gasteiger charge is 2.28. The molecular formula is C21H31N5O2. The lowest BCUT2D eigenvalue weighted by Gasteiger charge is -2.42. The van der Waals surface area contributed by atoms with Crippen LogP contribution in [-0.4, -0.2) is 53.2 Å². The fourth-order valence-corrected chi connectivity index (χ4v) is 4.84. The van der Waals surface area contributed by atoms with E-state index < -0.39 is 6.09 Å². The van der Waals surface area contributed by atoms with Crippen LogP contribution >= 0.6 is 0 Å². The van der Waals surface area contributed by atoms with E-state index in [1.165, 1.54) is 38.5 Å². The number of piperazine rings is 1. The van der Waals surface area contributed by atoms with Gasteiger partial charge in [-0.2, -0.15) is 0 Å². The molecule has 7 nitrogen and oxygen atoms in total. The number of nitrogens with one attached hydrogen (secondary N) is 1. The van der Waals surface area contributed by atoms with Crippen molar-refractivity contribution in [3.05, 3.63) is 18.2 Å². The molecule has 2 heterocycles. The van der Waals surface area contributed by atoms with E-state index in [-0.39, 0.29) is 0 Å². The van der Waals surface area contributed by atoms with Crippen molar-refractivity contribution in [3.8, 4) is 5.75 Å². The van der Waals surface area contributed by atoms with Crippen molar-refractivity contribution in [2.75, 3.05) is 31.1 Å². The first-order valence-electron chi connectivity index (χ1n) is 10.6. The van der Waals surface area contributed by atoms with E-state index in [1.807, 2.05) is 12.1 Å². The predicted octanol–water partition coefficient (Wildman–Crippen LogP) is 3.50. The van der Waals surface area contributed by atoms with E-state index in [4.69, 9.17) is 10.5 Å². The number of hydrogen-bond donors (Lipinski definition) is 2. The number of hydrogen-bond acceptors (Lipinski definition) is 5. The van der Waals surface area contributed by atoms with Gasteiger partial charge in [-0.1, -0.05) is 25.8 Å². The zero-order valence-electron chi connectivity index (χ0n) is 16.7. The number of anilines is 1. The largest absolute Gasteiger partial charge is 0.410 e. The number of ether oxygens (including phenoxy) is 1. The Morgan fingerprint density at radius 1 is 1.21 bits per heavy atom. The topological polar surface area (TPSA) is 87.5 Å². The summed E-state index contributed by atoms with van der Waals surface area (Å²) in [6.45, 7) is 6.36. The number of fused-ring (bicyclic) bond motifs is 1. The minimum atomic E-state index is -0.820. The molecule has 0 radical (unpaired) electrons. The summed E-state index contributed by atoms with van der Waals surface area (Å²) < 4.78 is 5.08. The lowest BCUT2D eigenvalue weighted by molar-refractivity contribution is 0.126. The number of carbonyl (C=O) groups is 1. The van der Waals surface area contributed by atoms with Gasteiger partial charge in [0.15, 0.2) is 5.75 Å². The molecule has 28 heavy (non-hydrogen) atoms. The van der Waals surface area contributed by atoms with E-state index >= 15 is 0 Å². The maximum atomic E-state index is 11.1. The normalized spacial score (nSPS) is 23.8. The van der Waals surface area contributed by atoms with E-state index in [9.17, 15) is 4.79 Å². The molecule has 2 fully saturated rings. The maximum absolute atomic E-state index is 11.1. The number of carbonyl (C=O) groups excluding carboxylic acids is 1. The van der Waals surface area contributed by atoms with Gasteiger partial charge in [-0.05, 0) is 43.7 Å². The van der Waals surface area contributed by atoms with Crippen molar-refractivity contribution >= 4 is 23.1 Å². The number of primary amides is 1. The number of aromatic amines is 1. The number of nitrogens with two attached hydrogens (primary N) is 1. The Morgan fingerprint density at radius 2 is 1.96 bits per heavy atom. The molecule has 1 aromatic heterocycles. The first-order chi connectivity index (χ1) is 13.6. The van der Waals surface area contributed by atoms with Crippen LogP contribution in [0, 0.1) is 5.92 Å². The average molecular weight is 386 g/mol. The minimum Gasteiger partial charge on any atom is -0.408 e. The van der Waals surface area contributed by atoms with Crippen molar-refractivity contribution in [1.29, 1.82) is 0 Å². The van der Waals surface area contributed by atoms with Crippen LogP contribution in [0.2, 0.25) is 0 Å². The van der Waals surface area contributed by atoms with Crippen LogP contribution in [-0.2, 0) is 0 Å². The molecule has 1 aliphatic carbocycles. The highest BCUT2D eigenvalue weighted by atomic mass is 16.5. The molecule has 1 amide bonds. The van der Waals surface area contributed by atoms with Crippen molar-refractivity contribution in [1.82, 2.24) is 14.9 Å². The highest BCUT2D eigenvalue weighted by molar-refractivity contribution is 5.86. The van der Waals surface area contributed by atoms with Gasteiger partial charge < -0.3 is 20.4 Å². The van der Waals surface area contributed by atoms with E-state index in [1.54, 1.807) is 6.07 Å². The lowest BCUT2D eigenvalue weighted by atomic mass is 9.83. The predicted molar refractivity (Wildman–Crippen MR) is 111 cm³/mol. The Bertz CT molecular complexity index is 804. The van der Waals surface area contributed by atoms with E-state index in [2.05, 4.69) is 26.7 Å². The summed E-state index contributed by atoms with van der Waals surface area (Å²) in [6, 6.07) is 6.23. The average Bonchev–Trinajstić information content (AvgIpc) is 3.14. The number of para-hydroxylation sites is 1. The molecule has 1 aromatic carbocycles. The van der Waals surface area contributed by atoms with Crippen LogP contribution in [0.4, 0.5) is 10.7 Å². The van der Waals surface area contributed by atoms with Crippen molar-refractivity contribution in [3.63, 3.8) is 0 Å². The molecule has 0 bridgehead atoms. The molecule has 2 aromatic rings. The summed E-state index contributed by atoms with van der Waals surface area (Å²) in [6.07, 6.45) is 7.38. The molecule has 0 atom stereocenters. The minimum absolute atomic E-state index is 0.398. The Kier molecular flexibility index (Phi) is 5.71. The van der Waals surface area contributed by atoms with Gasteiger partial charge in [0.05, 0.1) is 5.52 Å². The molecule has 3 N–H and O–H groups in total. The van der Waals surface area contributed by atoms with Crippen molar-refractivity contribution < 1.29 is 9.53 Å². The van der Waals surface area contributed by atoms with Crippen LogP contribution in [0.3, 0.4) is 0 Å². The number of nitrogens with zero attached hydrogens (tertiary/aromatic N) is 3. The summed E-state index contributed by atoms with van der Waals surface area (Å²) in [4.78, 5) is 24.1. The van der Waals surface area contributed by atoms with Gasteiger partial charge in [-0.25, -0.2) is 9.78 Å². The fraction of sp³-hybridized carbons (Fsp3) is 0.619. The van der Waals surface area contributed by atoms with Gasteiger partial charge in [-0.3, -0.25) is 4.90 Å². The molecule has 2 aliphatic rings. The second kappa shape index (κ2) is 8.39. The number of aromatic nitrogens is 2. The maximum Gasteiger partial charge on any atom is 0.410 e. The van der Waals surface area contributed by atoms with Crippen LogP contribution in [0.1, 0.15) is 45.4 Å². The van der Waals surface area contributed by atoms with Gasteiger partial charge in [0.2, 0.25) is 5.95 Å². The summed E-state index contributed by atoms with van der Waals surface area (Å²) in [5.74, 6) is 2.19. The summed E-state index contributed by atoms with van der Waals surface area (Å²) in [7, 11) is 0. The smallest absolute Gasteiger partial charge is 0.408 e. The first-order valence-corrected chi connectivity index (χ1v) is 10.6. The monoisotopic (exact) mass is 385 g/mol. The summed E-state index contributed by atoms with van der Waals surface area (Å²) in [5.41, 5.74) is 6.66. The molecule has 4 rings (SSSR count). The van der Waals surface area contributed by atoms with Gasteiger partial charge in [0.25, 0.3) is 0 Å². The van der Waals surface area contributed by atoms with Crippen LogP contribution < -0.4 is 15.4 Å². The molecule has 0 spiro atoms. The molecule has 1 saturated carbocycles. The molecule has 1 aliphatic heterocycles. The Morgan fingerprint density at radius 3 is 2.64 bits per heavy atom. The second-order valence-corrected chi connectivity index (χ2v) is 8.12. The third-order valence-electron chi connectivity index (χ3n) is 6.32. The molecule has 7 heteroatoms. The molecule has 152 valence electrons. The molecule has 1 saturated heterocycles. The standard InChI is InChI=1S/C21H31N5O2/c1-2-4-15-7-9-16(10-8-15)25-11-13-26(14-12-25)21-23-17-5-3-6-18(19(17)24-21)28-20(22)27/h3,5-6,15-16H,2,4,7-14H2,1H3,(H2,22,27)(H,23,24)/t15-,16-. The van der Waals surface area contributed by atoms with Crippen LogP contribution in [0.15, 0.2) is 18.2 Å². The SMILES string of the molecule is CCC[C@H]1CC[C@H](N2CCN(c3nc4c(OC(N)=O)cccc4[nH]3)CC2)CC1. The van der Waals surface area contributed by atoms with Gasteiger partial charge >= 0.3 is 6.09 Å². The van der Waals surface area contributed by atoms with Gasteiger partial charge in [0.1, 0.15) is 5.52 Å². The fourth-order valence-electron chi connectivity index (χ4n) is 4.84. The number of amides is 1. The Balaban J connectivity index is 1.37. The lowest BCUT2D eigenvalue weighted by Crippen LogP contribution is -2.51. The zero-order valence-corrected chi connectivity index (χ0v) is 16.7. The first kappa shape index (κ1) is 19.1. The van der Waals surface area contributed by atoms with Crippen molar-refractivity contribution in [2.24, 2.45) is 11.7 Å². The second-order valence-electron chi connectivity index (χ2n) is 8.12. The van der Waals surface area contributed by atoms with E-state index in [0.717, 1.165) is 49.6 Å². The number of benzene rings is 1.